The van der Waals surface area contributed by atoms with Gasteiger partial charge in [0, 0.05) is 37.8 Å². The molecule has 2 aliphatic heterocycles. The number of anilines is 1. The predicted octanol–water partition coefficient (Wildman–Crippen LogP) is 3.06. The Morgan fingerprint density at radius 2 is 1.91 bits per heavy atom. The molecule has 5 rings (SSSR count). The van der Waals surface area contributed by atoms with Crippen LogP contribution in [0.1, 0.15) is 10.4 Å². The molecule has 0 N–H and O–H groups in total. The summed E-state index contributed by atoms with van der Waals surface area (Å²) in [6.07, 6.45) is 0. The van der Waals surface area contributed by atoms with Crippen molar-refractivity contribution in [2.75, 3.05) is 64.6 Å². The average Bonchev–Trinajstić information content (AvgIpc) is 3.27. The van der Waals surface area contributed by atoms with Crippen molar-refractivity contribution in [2.24, 2.45) is 0 Å². The van der Waals surface area contributed by atoms with Gasteiger partial charge in [0.15, 0.2) is 16.6 Å². The van der Waals surface area contributed by atoms with Gasteiger partial charge in [-0.1, -0.05) is 11.3 Å². The highest BCUT2D eigenvalue weighted by Gasteiger charge is 2.24. The van der Waals surface area contributed by atoms with Crippen molar-refractivity contribution in [3.05, 3.63) is 42.0 Å². The van der Waals surface area contributed by atoms with Crippen molar-refractivity contribution < 1.29 is 23.7 Å². The fourth-order valence-corrected chi connectivity index (χ4v) is 4.79. The lowest BCUT2D eigenvalue weighted by Gasteiger charge is -2.29. The van der Waals surface area contributed by atoms with Gasteiger partial charge in [0.25, 0.3) is 5.91 Å². The van der Waals surface area contributed by atoms with Crippen LogP contribution in [-0.4, -0.2) is 75.5 Å². The Kier molecular flexibility index (Phi) is 6.11. The lowest BCUT2D eigenvalue weighted by molar-refractivity contribution is 0.0391. The fourth-order valence-electron chi connectivity index (χ4n) is 3.82. The van der Waals surface area contributed by atoms with Crippen molar-refractivity contribution in [2.45, 2.75) is 0 Å². The van der Waals surface area contributed by atoms with E-state index in [1.54, 1.807) is 30.2 Å². The Bertz CT molecular complexity index is 1110. The molecule has 168 valence electrons. The summed E-state index contributed by atoms with van der Waals surface area (Å²) in [5.41, 5.74) is 1.36. The summed E-state index contributed by atoms with van der Waals surface area (Å²) in [5.74, 6) is 1.90. The minimum Gasteiger partial charge on any atom is -0.497 e. The van der Waals surface area contributed by atoms with Crippen LogP contribution in [0.4, 0.5) is 5.13 Å². The third kappa shape index (κ3) is 4.36. The number of benzene rings is 2. The Labute approximate surface area is 190 Å². The standard InChI is InChI=1S/C23H25N3O5S/c1-28-17-3-5-21-18(15-17)24-23(32-21)26(7-6-25-8-10-29-11-9-25)22(27)16-2-4-19-20(14-16)31-13-12-30-19/h2-5,14-15H,6-13H2,1H3. The zero-order chi connectivity index (χ0) is 21.9. The molecule has 0 aliphatic carbocycles. The van der Waals surface area contributed by atoms with E-state index in [1.807, 2.05) is 18.2 Å². The van der Waals surface area contributed by atoms with Gasteiger partial charge in [0.2, 0.25) is 0 Å². The topological polar surface area (TPSA) is 73.4 Å². The molecular weight excluding hydrogens is 430 g/mol. The highest BCUT2D eigenvalue weighted by Crippen LogP contribution is 2.34. The second-order valence-electron chi connectivity index (χ2n) is 7.60. The van der Waals surface area contributed by atoms with Gasteiger partial charge in [-0.3, -0.25) is 14.6 Å². The number of methoxy groups -OCH3 is 1. The fraction of sp³-hybridized carbons (Fsp3) is 0.391. The zero-order valence-electron chi connectivity index (χ0n) is 17.9. The van der Waals surface area contributed by atoms with Gasteiger partial charge in [-0.2, -0.15) is 0 Å². The molecular formula is C23H25N3O5S. The van der Waals surface area contributed by atoms with E-state index in [-0.39, 0.29) is 5.91 Å². The van der Waals surface area contributed by atoms with Crippen LogP contribution in [0.3, 0.4) is 0 Å². The Morgan fingerprint density at radius 3 is 2.72 bits per heavy atom. The molecule has 8 nitrogen and oxygen atoms in total. The third-order valence-corrected chi connectivity index (χ3v) is 6.65. The summed E-state index contributed by atoms with van der Waals surface area (Å²) < 4.78 is 23.1. The summed E-state index contributed by atoms with van der Waals surface area (Å²) in [6.45, 7) is 5.44. The number of carbonyl (C=O) groups excluding carboxylic acids is 1. The van der Waals surface area contributed by atoms with E-state index in [4.69, 9.17) is 23.9 Å². The van der Waals surface area contributed by atoms with E-state index in [2.05, 4.69) is 4.90 Å². The highest BCUT2D eigenvalue weighted by atomic mass is 32.1. The maximum atomic E-state index is 13.6. The molecule has 9 heteroatoms. The lowest BCUT2D eigenvalue weighted by Crippen LogP contribution is -2.43. The van der Waals surface area contributed by atoms with Crippen molar-refractivity contribution in [3.8, 4) is 17.2 Å². The molecule has 0 radical (unpaired) electrons. The van der Waals surface area contributed by atoms with E-state index >= 15 is 0 Å². The average molecular weight is 456 g/mol. The van der Waals surface area contributed by atoms with Gasteiger partial charge in [-0.15, -0.1) is 0 Å². The second-order valence-corrected chi connectivity index (χ2v) is 8.61. The van der Waals surface area contributed by atoms with E-state index in [9.17, 15) is 4.79 Å². The highest BCUT2D eigenvalue weighted by molar-refractivity contribution is 7.22. The molecule has 2 aromatic carbocycles. The number of hydrogen-bond donors (Lipinski definition) is 0. The summed E-state index contributed by atoms with van der Waals surface area (Å²) >= 11 is 1.50. The molecule has 0 spiro atoms. The van der Waals surface area contributed by atoms with Crippen LogP contribution >= 0.6 is 11.3 Å². The van der Waals surface area contributed by atoms with E-state index < -0.39 is 0 Å². The molecule has 1 amide bonds. The van der Waals surface area contributed by atoms with Gasteiger partial charge in [0.05, 0.1) is 30.5 Å². The van der Waals surface area contributed by atoms with Gasteiger partial charge in [-0.05, 0) is 30.3 Å². The summed E-state index contributed by atoms with van der Waals surface area (Å²) in [4.78, 5) is 22.5. The summed E-state index contributed by atoms with van der Waals surface area (Å²) in [7, 11) is 1.63. The number of amides is 1. The van der Waals surface area contributed by atoms with Gasteiger partial charge < -0.3 is 18.9 Å². The molecule has 0 unspecified atom stereocenters. The van der Waals surface area contributed by atoms with Crippen molar-refractivity contribution >= 4 is 32.6 Å². The first kappa shape index (κ1) is 21.0. The second kappa shape index (κ2) is 9.32. The first-order chi connectivity index (χ1) is 15.7. The Hall–Kier alpha value is -2.88. The van der Waals surface area contributed by atoms with Gasteiger partial charge in [-0.25, -0.2) is 4.98 Å². The van der Waals surface area contributed by atoms with Crippen molar-refractivity contribution in [1.82, 2.24) is 9.88 Å². The van der Waals surface area contributed by atoms with Crippen LogP contribution in [0.25, 0.3) is 10.2 Å². The zero-order valence-corrected chi connectivity index (χ0v) is 18.7. The molecule has 32 heavy (non-hydrogen) atoms. The molecule has 3 aromatic rings. The predicted molar refractivity (Wildman–Crippen MR) is 123 cm³/mol. The molecule has 1 fully saturated rings. The normalized spacial score (nSPS) is 16.2. The molecule has 3 heterocycles. The van der Waals surface area contributed by atoms with Crippen LogP contribution in [0.15, 0.2) is 36.4 Å². The number of morpholine rings is 1. The van der Waals surface area contributed by atoms with E-state index in [0.717, 1.165) is 48.8 Å². The van der Waals surface area contributed by atoms with Crippen molar-refractivity contribution in [3.63, 3.8) is 0 Å². The number of thiazole rings is 1. The molecule has 2 aliphatic rings. The maximum absolute atomic E-state index is 13.6. The number of hydrogen-bond acceptors (Lipinski definition) is 8. The quantitative estimate of drug-likeness (QED) is 0.566. The molecule has 0 bridgehead atoms. The van der Waals surface area contributed by atoms with Crippen LogP contribution in [0.2, 0.25) is 0 Å². The van der Waals surface area contributed by atoms with Gasteiger partial charge >= 0.3 is 0 Å². The first-order valence-electron chi connectivity index (χ1n) is 10.7. The van der Waals surface area contributed by atoms with E-state index in [1.165, 1.54) is 11.3 Å². The number of fused-ring (bicyclic) bond motifs is 2. The number of aromatic nitrogens is 1. The van der Waals surface area contributed by atoms with Crippen LogP contribution in [0.5, 0.6) is 17.2 Å². The number of rotatable bonds is 6. The smallest absolute Gasteiger partial charge is 0.260 e. The SMILES string of the molecule is COc1ccc2sc(N(CCN3CCOCC3)C(=O)c3ccc4c(c3)OCCO4)nc2c1. The van der Waals surface area contributed by atoms with E-state index in [0.29, 0.717) is 42.0 Å². The molecule has 1 saturated heterocycles. The maximum Gasteiger partial charge on any atom is 0.260 e. The van der Waals surface area contributed by atoms with Crippen molar-refractivity contribution in [1.29, 1.82) is 0 Å². The molecule has 0 atom stereocenters. The first-order valence-corrected chi connectivity index (χ1v) is 11.5. The largest absolute Gasteiger partial charge is 0.497 e. The monoisotopic (exact) mass is 455 g/mol. The van der Waals surface area contributed by atoms with Gasteiger partial charge in [0.1, 0.15) is 19.0 Å². The van der Waals surface area contributed by atoms with Crippen LogP contribution in [-0.2, 0) is 4.74 Å². The summed E-state index contributed by atoms with van der Waals surface area (Å²) in [6, 6.07) is 11.1. The van der Waals surface area contributed by atoms with Crippen LogP contribution in [0, 0.1) is 0 Å². The molecule has 0 saturated carbocycles. The summed E-state index contributed by atoms with van der Waals surface area (Å²) in [5, 5.41) is 0.668. The third-order valence-electron chi connectivity index (χ3n) is 5.59. The Balaban J connectivity index is 1.45. The molecule has 1 aromatic heterocycles. The van der Waals surface area contributed by atoms with Crippen LogP contribution < -0.4 is 19.1 Å². The number of carbonyl (C=O) groups is 1. The number of nitrogens with zero attached hydrogens (tertiary/aromatic N) is 3. The minimum absolute atomic E-state index is 0.110. The minimum atomic E-state index is -0.110. The number of ether oxygens (including phenoxy) is 4. The lowest BCUT2D eigenvalue weighted by atomic mass is 10.1. The Morgan fingerprint density at radius 1 is 1.09 bits per heavy atom.